The Hall–Kier alpha value is 0.407. The average Bonchev–Trinajstić information content (AvgIpc) is 3.27. The van der Waals surface area contributed by atoms with Crippen LogP contribution in [0.15, 0.2) is 0 Å². The zero-order valence-corrected chi connectivity index (χ0v) is 15.7. The molecule has 1 atom stereocenters. The number of hydrogen-bond acceptors (Lipinski definition) is 5. The summed E-state index contributed by atoms with van der Waals surface area (Å²) < 4.78 is 22.8. The van der Waals surface area contributed by atoms with Crippen molar-refractivity contribution in [2.24, 2.45) is 0 Å². The van der Waals surface area contributed by atoms with Crippen LogP contribution >= 0.6 is 11.8 Å². The van der Waals surface area contributed by atoms with E-state index < -0.39 is 8.80 Å². The highest BCUT2D eigenvalue weighted by atomic mass is 32.2. The van der Waals surface area contributed by atoms with Crippen LogP contribution < -0.4 is 0 Å². The van der Waals surface area contributed by atoms with Crippen LogP contribution in [0.4, 0.5) is 0 Å². The fraction of sp³-hybridized carbons (Fsp3) is 1.00. The van der Waals surface area contributed by atoms with E-state index in [1.807, 2.05) is 32.5 Å². The number of thioether (sulfide) groups is 1. The summed E-state index contributed by atoms with van der Waals surface area (Å²) >= 11 is 2.04. The van der Waals surface area contributed by atoms with Crippen molar-refractivity contribution in [3.8, 4) is 0 Å². The maximum atomic E-state index is 5.86. The molecule has 0 aromatic rings. The summed E-state index contributed by atoms with van der Waals surface area (Å²) in [6.45, 7) is 9.04. The largest absolute Gasteiger partial charge is 0.500 e. The molecule has 0 radical (unpaired) electrons. The summed E-state index contributed by atoms with van der Waals surface area (Å²) in [6, 6.07) is 0.936. The number of epoxide rings is 1. The van der Waals surface area contributed by atoms with Crippen LogP contribution in [0.2, 0.25) is 6.04 Å². The van der Waals surface area contributed by atoms with Crippen LogP contribution in [0.5, 0.6) is 0 Å². The van der Waals surface area contributed by atoms with Crippen molar-refractivity contribution in [3.63, 3.8) is 0 Å². The Morgan fingerprint density at radius 3 is 2.05 bits per heavy atom. The van der Waals surface area contributed by atoms with Gasteiger partial charge in [-0.25, -0.2) is 0 Å². The van der Waals surface area contributed by atoms with Crippen molar-refractivity contribution in [1.82, 2.24) is 0 Å². The lowest BCUT2D eigenvalue weighted by atomic mass is 10.2. The third-order valence-corrected chi connectivity index (χ3v) is 7.64. The minimum absolute atomic E-state index is 0.588. The van der Waals surface area contributed by atoms with Gasteiger partial charge in [0.25, 0.3) is 0 Å². The Labute approximate surface area is 135 Å². The monoisotopic (exact) mass is 336 g/mol. The number of unbranched alkanes of at least 4 members (excludes halogenated alkanes) is 1. The number of ether oxygens (including phenoxy) is 1. The van der Waals surface area contributed by atoms with Gasteiger partial charge in [0.05, 0.1) is 12.7 Å². The van der Waals surface area contributed by atoms with Gasteiger partial charge in [0.2, 0.25) is 0 Å². The molecule has 1 unspecified atom stereocenters. The van der Waals surface area contributed by atoms with Crippen molar-refractivity contribution in [3.05, 3.63) is 0 Å². The fourth-order valence-corrected chi connectivity index (χ4v) is 6.13. The molecule has 6 heteroatoms. The van der Waals surface area contributed by atoms with Crippen molar-refractivity contribution < 1.29 is 18.0 Å². The van der Waals surface area contributed by atoms with Crippen LogP contribution in [0.1, 0.15) is 46.5 Å². The molecule has 1 saturated heterocycles. The van der Waals surface area contributed by atoms with Gasteiger partial charge in [-0.3, -0.25) is 0 Å². The van der Waals surface area contributed by atoms with E-state index in [2.05, 4.69) is 0 Å². The lowest BCUT2D eigenvalue weighted by Crippen LogP contribution is -2.46. The smallest absolute Gasteiger partial charge is 0.374 e. The van der Waals surface area contributed by atoms with Gasteiger partial charge in [0.1, 0.15) is 0 Å². The third kappa shape index (κ3) is 9.20. The number of rotatable bonds is 15. The van der Waals surface area contributed by atoms with Crippen molar-refractivity contribution >= 4 is 20.6 Å². The van der Waals surface area contributed by atoms with E-state index in [0.717, 1.165) is 19.1 Å². The third-order valence-electron chi connectivity index (χ3n) is 3.33. The Kier molecular flexibility index (Phi) is 11.0. The molecule has 126 valence electrons. The summed E-state index contributed by atoms with van der Waals surface area (Å²) in [5.41, 5.74) is 0. The standard InChI is InChI=1S/C15H32O4SSi/c1-4-17-21(18-5-2,19-6-3)13-9-12-20-11-8-7-10-15-14-16-15/h15H,4-14H2,1-3H3. The molecule has 0 saturated carbocycles. The normalized spacial score (nSPS) is 18.1. The summed E-state index contributed by atoms with van der Waals surface area (Å²) in [4.78, 5) is 0. The molecule has 0 amide bonds. The Bertz CT molecular complexity index is 235. The quantitative estimate of drug-likeness (QED) is 0.259. The van der Waals surface area contributed by atoms with Gasteiger partial charge in [0.15, 0.2) is 0 Å². The fourth-order valence-electron chi connectivity index (χ4n) is 2.30. The molecule has 0 aromatic heterocycles. The summed E-state index contributed by atoms with van der Waals surface area (Å²) in [6.07, 6.45) is 5.55. The van der Waals surface area contributed by atoms with Gasteiger partial charge in [-0.1, -0.05) is 0 Å². The van der Waals surface area contributed by atoms with Gasteiger partial charge in [0, 0.05) is 25.9 Å². The molecule has 1 aliphatic heterocycles. The highest BCUT2D eigenvalue weighted by Crippen LogP contribution is 2.21. The zero-order chi connectivity index (χ0) is 15.4. The van der Waals surface area contributed by atoms with E-state index in [0.29, 0.717) is 25.9 Å². The SMILES string of the molecule is CCO[Si](CCCSCCCCC1CO1)(OCC)OCC. The Morgan fingerprint density at radius 1 is 0.952 bits per heavy atom. The number of hydrogen-bond donors (Lipinski definition) is 0. The van der Waals surface area contributed by atoms with E-state index >= 15 is 0 Å². The van der Waals surface area contributed by atoms with E-state index in [1.165, 1.54) is 30.8 Å². The molecule has 1 heterocycles. The Balaban J connectivity index is 2.06. The van der Waals surface area contributed by atoms with Crippen molar-refractivity contribution in [2.75, 3.05) is 37.9 Å². The first kappa shape index (κ1) is 19.5. The Morgan fingerprint density at radius 2 is 1.52 bits per heavy atom. The topological polar surface area (TPSA) is 40.2 Å². The molecule has 0 aromatic carbocycles. The molecule has 4 nitrogen and oxygen atoms in total. The minimum Gasteiger partial charge on any atom is -0.374 e. The van der Waals surface area contributed by atoms with E-state index in [4.69, 9.17) is 18.0 Å². The maximum absolute atomic E-state index is 5.86. The van der Waals surface area contributed by atoms with Gasteiger partial charge >= 0.3 is 8.80 Å². The second-order valence-electron chi connectivity index (χ2n) is 5.15. The first-order valence-electron chi connectivity index (χ1n) is 8.37. The molecule has 1 fully saturated rings. The van der Waals surface area contributed by atoms with Crippen LogP contribution in [-0.2, 0) is 18.0 Å². The second kappa shape index (κ2) is 11.9. The van der Waals surface area contributed by atoms with Gasteiger partial charge in [-0.15, -0.1) is 0 Å². The maximum Gasteiger partial charge on any atom is 0.500 e. The predicted octanol–water partition coefficient (Wildman–Crippen LogP) is 3.73. The second-order valence-corrected chi connectivity index (χ2v) is 9.11. The molecule has 0 bridgehead atoms. The first-order chi connectivity index (χ1) is 10.3. The highest BCUT2D eigenvalue weighted by Gasteiger charge is 2.39. The van der Waals surface area contributed by atoms with Crippen LogP contribution in [0, 0.1) is 0 Å². The van der Waals surface area contributed by atoms with E-state index in [1.54, 1.807) is 0 Å². The molecule has 0 spiro atoms. The lowest BCUT2D eigenvalue weighted by molar-refractivity contribution is 0.0712. The molecule has 21 heavy (non-hydrogen) atoms. The highest BCUT2D eigenvalue weighted by molar-refractivity contribution is 7.99. The van der Waals surface area contributed by atoms with E-state index in [-0.39, 0.29) is 0 Å². The molecule has 1 rings (SSSR count). The summed E-state index contributed by atoms with van der Waals surface area (Å²) in [5.74, 6) is 2.42. The summed E-state index contributed by atoms with van der Waals surface area (Å²) in [5, 5.41) is 0. The summed E-state index contributed by atoms with van der Waals surface area (Å²) in [7, 11) is -2.41. The minimum atomic E-state index is -2.41. The van der Waals surface area contributed by atoms with E-state index in [9.17, 15) is 0 Å². The predicted molar refractivity (Wildman–Crippen MR) is 91.0 cm³/mol. The molecule has 1 aliphatic rings. The molecule has 0 N–H and O–H groups in total. The zero-order valence-electron chi connectivity index (χ0n) is 13.9. The molecular weight excluding hydrogens is 304 g/mol. The lowest BCUT2D eigenvalue weighted by Gasteiger charge is -2.28. The van der Waals surface area contributed by atoms with Gasteiger partial charge in [-0.2, -0.15) is 11.8 Å². The van der Waals surface area contributed by atoms with Crippen molar-refractivity contribution in [1.29, 1.82) is 0 Å². The van der Waals surface area contributed by atoms with Crippen LogP contribution in [-0.4, -0.2) is 52.8 Å². The first-order valence-corrected chi connectivity index (χ1v) is 11.5. The van der Waals surface area contributed by atoms with Gasteiger partial charge < -0.3 is 18.0 Å². The van der Waals surface area contributed by atoms with Crippen LogP contribution in [0.3, 0.4) is 0 Å². The van der Waals surface area contributed by atoms with Crippen LogP contribution in [0.25, 0.3) is 0 Å². The van der Waals surface area contributed by atoms with Crippen molar-refractivity contribution in [2.45, 2.75) is 58.6 Å². The molecular formula is C15H32O4SSi. The van der Waals surface area contributed by atoms with Gasteiger partial charge in [-0.05, 0) is 58.0 Å². The molecule has 0 aliphatic carbocycles. The average molecular weight is 337 g/mol.